The first kappa shape index (κ1) is 24.1. The van der Waals surface area contributed by atoms with Gasteiger partial charge in [0.15, 0.2) is 0 Å². The third kappa shape index (κ3) is 5.04. The lowest BCUT2D eigenvalue weighted by Gasteiger charge is -2.35. The number of amides is 2. The van der Waals surface area contributed by atoms with E-state index in [1.165, 1.54) is 40.5 Å². The Morgan fingerprint density at radius 3 is 2.24 bits per heavy atom. The molecule has 0 bridgehead atoms. The number of piperidine rings is 1. The number of benzene rings is 2. The molecule has 1 saturated heterocycles. The topological polar surface area (TPSA) is 63.4 Å². The second kappa shape index (κ2) is 10.1. The van der Waals surface area contributed by atoms with Crippen LogP contribution in [0.2, 0.25) is 0 Å². The molecule has 4 rings (SSSR count). The quantitative estimate of drug-likeness (QED) is 0.469. The standard InChI is InChI=1S/C27H28F2N2O2S/c1-18-16-23(24(34-18)25(30)32)22(20-8-4-2-5-9-20)17-19-12-14-31(15-13-19)26(33)27(28,29)21-10-6-3-7-11-21/h2-11,16,19,22H,12-15,17H2,1H3,(H2,30,32). The Morgan fingerprint density at radius 2 is 1.65 bits per heavy atom. The van der Waals surface area contributed by atoms with E-state index in [0.29, 0.717) is 30.8 Å². The molecule has 2 aromatic carbocycles. The van der Waals surface area contributed by atoms with E-state index in [-0.39, 0.29) is 17.4 Å². The van der Waals surface area contributed by atoms with Crippen molar-refractivity contribution in [1.29, 1.82) is 0 Å². The number of hydrogen-bond donors (Lipinski definition) is 1. The van der Waals surface area contributed by atoms with Crippen molar-refractivity contribution in [1.82, 2.24) is 4.90 Å². The normalized spacial score (nSPS) is 15.8. The first-order chi connectivity index (χ1) is 16.3. The summed E-state index contributed by atoms with van der Waals surface area (Å²) in [6, 6.07) is 19.3. The maximum Gasteiger partial charge on any atom is 0.349 e. The molecule has 7 heteroatoms. The molecule has 1 aliphatic rings. The van der Waals surface area contributed by atoms with Gasteiger partial charge >= 0.3 is 5.92 Å². The lowest BCUT2D eigenvalue weighted by atomic mass is 9.80. The molecule has 34 heavy (non-hydrogen) atoms. The SMILES string of the molecule is Cc1cc(C(CC2CCN(C(=O)C(F)(F)c3ccccc3)CC2)c2ccccc2)c(C(N)=O)s1. The molecule has 1 fully saturated rings. The van der Waals surface area contributed by atoms with Crippen LogP contribution in [0.4, 0.5) is 8.78 Å². The number of primary amides is 1. The fourth-order valence-corrected chi connectivity index (χ4v) is 5.72. The van der Waals surface area contributed by atoms with Crippen LogP contribution in [0.25, 0.3) is 0 Å². The minimum absolute atomic E-state index is 0.0216. The van der Waals surface area contributed by atoms with Crippen molar-refractivity contribution in [2.75, 3.05) is 13.1 Å². The molecule has 0 saturated carbocycles. The molecule has 0 radical (unpaired) electrons. The van der Waals surface area contributed by atoms with E-state index in [1.54, 1.807) is 6.07 Å². The Hall–Kier alpha value is -3.06. The molecular formula is C27H28F2N2O2S. The van der Waals surface area contributed by atoms with Gasteiger partial charge in [-0.25, -0.2) is 0 Å². The molecule has 0 spiro atoms. The molecule has 0 aliphatic carbocycles. The number of carbonyl (C=O) groups excluding carboxylic acids is 2. The number of halogens is 2. The van der Waals surface area contributed by atoms with Gasteiger partial charge in [-0.05, 0) is 49.3 Å². The van der Waals surface area contributed by atoms with Gasteiger partial charge in [0.1, 0.15) is 0 Å². The van der Waals surface area contributed by atoms with Gasteiger partial charge in [0.2, 0.25) is 0 Å². The maximum absolute atomic E-state index is 14.8. The van der Waals surface area contributed by atoms with Gasteiger partial charge in [-0.1, -0.05) is 60.7 Å². The van der Waals surface area contributed by atoms with Gasteiger partial charge < -0.3 is 10.6 Å². The van der Waals surface area contributed by atoms with Crippen molar-refractivity contribution < 1.29 is 18.4 Å². The number of nitrogens with two attached hydrogens (primary N) is 1. The van der Waals surface area contributed by atoms with Crippen molar-refractivity contribution in [2.24, 2.45) is 11.7 Å². The zero-order chi connectivity index (χ0) is 24.3. The van der Waals surface area contributed by atoms with E-state index < -0.39 is 17.7 Å². The predicted molar refractivity (Wildman–Crippen MR) is 130 cm³/mol. The zero-order valence-electron chi connectivity index (χ0n) is 19.0. The Balaban J connectivity index is 1.49. The summed E-state index contributed by atoms with van der Waals surface area (Å²) in [7, 11) is 0. The fraction of sp³-hybridized carbons (Fsp3) is 0.333. The minimum Gasteiger partial charge on any atom is -0.365 e. The van der Waals surface area contributed by atoms with Crippen LogP contribution in [0.3, 0.4) is 0 Å². The molecule has 2 amide bonds. The van der Waals surface area contributed by atoms with Crippen LogP contribution >= 0.6 is 11.3 Å². The average Bonchev–Trinajstić information content (AvgIpc) is 3.25. The highest BCUT2D eigenvalue weighted by molar-refractivity contribution is 7.14. The Morgan fingerprint density at radius 1 is 1.06 bits per heavy atom. The first-order valence-electron chi connectivity index (χ1n) is 11.4. The van der Waals surface area contributed by atoms with Crippen molar-refractivity contribution >= 4 is 23.2 Å². The van der Waals surface area contributed by atoms with Crippen LogP contribution in [0.1, 0.15) is 56.4 Å². The van der Waals surface area contributed by atoms with Crippen molar-refractivity contribution in [3.05, 3.63) is 93.2 Å². The third-order valence-corrected chi connectivity index (χ3v) is 7.64. The van der Waals surface area contributed by atoms with E-state index in [1.807, 2.05) is 43.3 Å². The van der Waals surface area contributed by atoms with Gasteiger partial charge in [-0.15, -0.1) is 11.3 Å². The van der Waals surface area contributed by atoms with E-state index in [0.717, 1.165) is 22.4 Å². The highest BCUT2D eigenvalue weighted by atomic mass is 32.1. The summed E-state index contributed by atoms with van der Waals surface area (Å²) in [5, 5.41) is 0. The van der Waals surface area contributed by atoms with Gasteiger partial charge in [0.25, 0.3) is 11.8 Å². The number of nitrogens with zero attached hydrogens (tertiary/aromatic N) is 1. The van der Waals surface area contributed by atoms with E-state index >= 15 is 0 Å². The van der Waals surface area contributed by atoms with Crippen molar-refractivity contribution in [3.8, 4) is 0 Å². The van der Waals surface area contributed by atoms with Crippen LogP contribution in [0.5, 0.6) is 0 Å². The summed E-state index contributed by atoms with van der Waals surface area (Å²) < 4.78 is 29.5. The highest BCUT2D eigenvalue weighted by Gasteiger charge is 2.44. The monoisotopic (exact) mass is 482 g/mol. The van der Waals surface area contributed by atoms with Gasteiger partial charge in [0, 0.05) is 29.4 Å². The average molecular weight is 483 g/mol. The van der Waals surface area contributed by atoms with Crippen molar-refractivity contribution in [2.45, 2.75) is 38.0 Å². The van der Waals surface area contributed by atoms with Crippen LogP contribution in [0.15, 0.2) is 66.7 Å². The Labute approximate surface area is 202 Å². The molecule has 1 unspecified atom stereocenters. The number of aryl methyl sites for hydroxylation is 1. The summed E-state index contributed by atoms with van der Waals surface area (Å²) in [6.45, 7) is 2.54. The largest absolute Gasteiger partial charge is 0.365 e. The molecule has 1 aromatic heterocycles. The lowest BCUT2D eigenvalue weighted by molar-refractivity contribution is -0.160. The van der Waals surface area contributed by atoms with Crippen LogP contribution in [0, 0.1) is 12.8 Å². The van der Waals surface area contributed by atoms with E-state index in [4.69, 9.17) is 5.73 Å². The molecule has 1 atom stereocenters. The number of hydrogen-bond acceptors (Lipinski definition) is 3. The van der Waals surface area contributed by atoms with E-state index in [9.17, 15) is 18.4 Å². The fourth-order valence-electron chi connectivity index (χ4n) is 4.79. The van der Waals surface area contributed by atoms with Crippen LogP contribution in [-0.2, 0) is 10.7 Å². The number of thiophene rings is 1. The zero-order valence-corrected chi connectivity index (χ0v) is 19.9. The molecule has 2 heterocycles. The van der Waals surface area contributed by atoms with Gasteiger partial charge in [-0.2, -0.15) is 8.78 Å². The summed E-state index contributed by atoms with van der Waals surface area (Å²) in [5.74, 6) is -4.89. The van der Waals surface area contributed by atoms with Crippen molar-refractivity contribution in [3.63, 3.8) is 0 Å². The highest BCUT2D eigenvalue weighted by Crippen LogP contribution is 2.40. The number of rotatable bonds is 7. The molecule has 1 aliphatic heterocycles. The van der Waals surface area contributed by atoms with Gasteiger partial charge in [-0.3, -0.25) is 9.59 Å². The predicted octanol–water partition coefficient (Wildman–Crippen LogP) is 5.71. The Kier molecular flexibility index (Phi) is 7.12. The second-order valence-electron chi connectivity index (χ2n) is 8.88. The summed E-state index contributed by atoms with van der Waals surface area (Å²) in [6.07, 6.45) is 2.03. The van der Waals surface area contributed by atoms with E-state index in [2.05, 4.69) is 0 Å². The first-order valence-corrected chi connectivity index (χ1v) is 12.3. The molecule has 3 aromatic rings. The maximum atomic E-state index is 14.8. The molecule has 178 valence electrons. The third-order valence-electron chi connectivity index (χ3n) is 6.56. The molecular weight excluding hydrogens is 454 g/mol. The molecule has 4 nitrogen and oxygen atoms in total. The Bertz CT molecular complexity index is 1140. The number of carbonyl (C=O) groups is 2. The number of alkyl halides is 2. The summed E-state index contributed by atoms with van der Waals surface area (Å²) >= 11 is 1.40. The summed E-state index contributed by atoms with van der Waals surface area (Å²) in [5.41, 5.74) is 7.41. The number of likely N-dealkylation sites (tertiary alicyclic amines) is 1. The van der Waals surface area contributed by atoms with Gasteiger partial charge in [0.05, 0.1) is 4.88 Å². The van der Waals surface area contributed by atoms with Crippen LogP contribution < -0.4 is 5.73 Å². The second-order valence-corrected chi connectivity index (χ2v) is 10.1. The minimum atomic E-state index is -3.54. The lowest BCUT2D eigenvalue weighted by Crippen LogP contribution is -2.46. The summed E-state index contributed by atoms with van der Waals surface area (Å²) in [4.78, 5) is 27.6. The smallest absolute Gasteiger partial charge is 0.349 e. The molecule has 2 N–H and O–H groups in total. The van der Waals surface area contributed by atoms with Crippen LogP contribution in [-0.4, -0.2) is 29.8 Å².